The zero-order valence-electron chi connectivity index (χ0n) is 17.3. The molecule has 0 radical (unpaired) electrons. The minimum atomic E-state index is -1.13. The summed E-state index contributed by atoms with van der Waals surface area (Å²) in [6, 6.07) is 15.0. The maximum atomic E-state index is 12.5. The van der Waals surface area contributed by atoms with Gasteiger partial charge in [0, 0.05) is 31.3 Å². The molecular formula is C24H25N3O4. The number of alkyl carbamates (subject to hydrolysis) is 1. The Hall–Kier alpha value is -3.61. The minimum Gasteiger partial charge on any atom is -0.480 e. The summed E-state index contributed by atoms with van der Waals surface area (Å²) in [5.41, 5.74) is 4.48. The first-order valence-corrected chi connectivity index (χ1v) is 10.4. The summed E-state index contributed by atoms with van der Waals surface area (Å²) in [6.07, 6.45) is 3.69. The summed E-state index contributed by atoms with van der Waals surface area (Å²) in [7, 11) is 0. The fourth-order valence-corrected chi connectivity index (χ4v) is 4.14. The Morgan fingerprint density at radius 2 is 1.77 bits per heavy atom. The van der Waals surface area contributed by atoms with Crippen LogP contribution in [0.3, 0.4) is 0 Å². The number of amides is 1. The van der Waals surface area contributed by atoms with E-state index in [9.17, 15) is 14.7 Å². The summed E-state index contributed by atoms with van der Waals surface area (Å²) in [4.78, 5) is 28.4. The number of hydrogen-bond acceptors (Lipinski definition) is 4. The molecule has 31 heavy (non-hydrogen) atoms. The van der Waals surface area contributed by atoms with E-state index in [0.717, 1.165) is 35.2 Å². The molecule has 3 aromatic rings. The summed E-state index contributed by atoms with van der Waals surface area (Å²) < 4.78 is 7.37. The molecule has 0 saturated heterocycles. The molecule has 0 saturated carbocycles. The summed E-state index contributed by atoms with van der Waals surface area (Å²) in [6.45, 7) is 2.91. The quantitative estimate of drug-likeness (QED) is 0.579. The number of ether oxygens (including phenoxy) is 1. The van der Waals surface area contributed by atoms with Crippen molar-refractivity contribution in [2.45, 2.75) is 38.3 Å². The maximum Gasteiger partial charge on any atom is 0.407 e. The van der Waals surface area contributed by atoms with E-state index < -0.39 is 18.1 Å². The molecule has 2 N–H and O–H groups in total. The van der Waals surface area contributed by atoms with Gasteiger partial charge in [0.1, 0.15) is 18.5 Å². The number of benzene rings is 2. The molecule has 0 fully saturated rings. The molecule has 0 aliphatic heterocycles. The van der Waals surface area contributed by atoms with Crippen molar-refractivity contribution in [2.75, 3.05) is 6.61 Å². The number of imidazole rings is 1. The first-order valence-electron chi connectivity index (χ1n) is 10.4. The molecule has 1 amide bonds. The van der Waals surface area contributed by atoms with Crippen molar-refractivity contribution in [1.82, 2.24) is 14.9 Å². The lowest BCUT2D eigenvalue weighted by molar-refractivity contribution is -0.139. The van der Waals surface area contributed by atoms with Crippen LogP contribution in [-0.2, 0) is 22.5 Å². The van der Waals surface area contributed by atoms with E-state index in [2.05, 4.69) is 22.4 Å². The standard InChI is InChI=1S/C24H25N3O4/c1-2-12-27-13-11-25-22(27)14-21(23(28)29)26-24(30)31-15-20-18-9-5-3-7-16(18)17-8-4-6-10-19(17)20/h3-11,13,20-21H,2,12,14-15H2,1H3,(H,26,30)(H,28,29). The number of carbonyl (C=O) groups excluding carboxylic acids is 1. The van der Waals surface area contributed by atoms with Crippen molar-refractivity contribution in [3.8, 4) is 11.1 Å². The van der Waals surface area contributed by atoms with E-state index in [-0.39, 0.29) is 18.9 Å². The number of carboxylic acid groups (broad SMARTS) is 1. The molecule has 1 atom stereocenters. The number of carboxylic acids is 1. The smallest absolute Gasteiger partial charge is 0.407 e. The van der Waals surface area contributed by atoms with Crippen LogP contribution in [-0.4, -0.2) is 39.4 Å². The van der Waals surface area contributed by atoms with Crippen molar-refractivity contribution < 1.29 is 19.4 Å². The predicted molar refractivity (Wildman–Crippen MR) is 116 cm³/mol. The van der Waals surface area contributed by atoms with Gasteiger partial charge in [-0.3, -0.25) is 0 Å². The van der Waals surface area contributed by atoms with Crippen molar-refractivity contribution >= 4 is 12.1 Å². The second-order valence-corrected chi connectivity index (χ2v) is 7.60. The number of aliphatic carboxylic acids is 1. The third kappa shape index (κ3) is 4.30. The van der Waals surface area contributed by atoms with Crippen molar-refractivity contribution in [3.05, 3.63) is 77.9 Å². The van der Waals surface area contributed by atoms with Gasteiger partial charge in [0.2, 0.25) is 0 Å². The van der Waals surface area contributed by atoms with Crippen LogP contribution in [0.2, 0.25) is 0 Å². The highest BCUT2D eigenvalue weighted by Crippen LogP contribution is 2.44. The topological polar surface area (TPSA) is 93.5 Å². The number of nitrogens with one attached hydrogen (secondary N) is 1. The zero-order chi connectivity index (χ0) is 21.8. The van der Waals surface area contributed by atoms with E-state index >= 15 is 0 Å². The fraction of sp³-hybridized carbons (Fsp3) is 0.292. The third-order valence-electron chi connectivity index (χ3n) is 5.59. The Kier molecular flexibility index (Phi) is 6.02. The van der Waals surface area contributed by atoms with Crippen LogP contribution in [0.25, 0.3) is 11.1 Å². The average Bonchev–Trinajstić information content (AvgIpc) is 3.34. The number of rotatable bonds is 8. The highest BCUT2D eigenvalue weighted by molar-refractivity contribution is 5.81. The number of aryl methyl sites for hydroxylation is 1. The van der Waals surface area contributed by atoms with Crippen molar-refractivity contribution in [3.63, 3.8) is 0 Å². The van der Waals surface area contributed by atoms with Gasteiger partial charge in [0.05, 0.1) is 0 Å². The van der Waals surface area contributed by atoms with E-state index in [1.165, 1.54) is 0 Å². The molecule has 160 valence electrons. The lowest BCUT2D eigenvalue weighted by atomic mass is 9.98. The van der Waals surface area contributed by atoms with Crippen LogP contribution in [0, 0.1) is 0 Å². The van der Waals surface area contributed by atoms with Gasteiger partial charge >= 0.3 is 12.1 Å². The number of carbonyl (C=O) groups is 2. The Balaban J connectivity index is 1.42. The van der Waals surface area contributed by atoms with E-state index in [4.69, 9.17) is 4.74 Å². The monoisotopic (exact) mass is 419 g/mol. The van der Waals surface area contributed by atoms with Gasteiger partial charge in [-0.2, -0.15) is 0 Å². The zero-order valence-corrected chi connectivity index (χ0v) is 17.3. The van der Waals surface area contributed by atoms with Crippen LogP contribution in [0.4, 0.5) is 4.79 Å². The number of aromatic nitrogens is 2. The van der Waals surface area contributed by atoms with E-state index in [1.807, 2.05) is 54.1 Å². The molecule has 1 unspecified atom stereocenters. The van der Waals surface area contributed by atoms with Crippen LogP contribution in [0.5, 0.6) is 0 Å². The highest BCUT2D eigenvalue weighted by Gasteiger charge is 2.30. The maximum absolute atomic E-state index is 12.5. The Morgan fingerprint density at radius 3 is 2.39 bits per heavy atom. The molecule has 0 bridgehead atoms. The predicted octanol–water partition coefficient (Wildman–Crippen LogP) is 3.83. The van der Waals surface area contributed by atoms with Gasteiger partial charge in [0.15, 0.2) is 0 Å². The molecule has 4 rings (SSSR count). The molecule has 1 aliphatic carbocycles. The second-order valence-electron chi connectivity index (χ2n) is 7.60. The Bertz CT molecular complexity index is 1050. The molecule has 2 aromatic carbocycles. The van der Waals surface area contributed by atoms with E-state index in [1.54, 1.807) is 6.20 Å². The third-order valence-corrected chi connectivity index (χ3v) is 5.59. The van der Waals surface area contributed by atoms with E-state index in [0.29, 0.717) is 5.82 Å². The molecule has 1 aromatic heterocycles. The van der Waals surface area contributed by atoms with Crippen molar-refractivity contribution in [2.24, 2.45) is 0 Å². The number of nitrogens with zero attached hydrogens (tertiary/aromatic N) is 2. The van der Waals surface area contributed by atoms with Gasteiger partial charge in [-0.1, -0.05) is 55.5 Å². The summed E-state index contributed by atoms with van der Waals surface area (Å²) in [5, 5.41) is 12.1. The molecular weight excluding hydrogens is 394 g/mol. The molecule has 0 spiro atoms. The van der Waals surface area contributed by atoms with Crippen LogP contribution < -0.4 is 5.32 Å². The molecule has 1 aliphatic rings. The van der Waals surface area contributed by atoms with Gasteiger partial charge in [-0.05, 0) is 28.7 Å². The molecule has 1 heterocycles. The largest absolute Gasteiger partial charge is 0.480 e. The van der Waals surface area contributed by atoms with Gasteiger partial charge in [-0.15, -0.1) is 0 Å². The Morgan fingerprint density at radius 1 is 1.13 bits per heavy atom. The van der Waals surface area contributed by atoms with Crippen LogP contribution >= 0.6 is 0 Å². The fourth-order valence-electron chi connectivity index (χ4n) is 4.14. The van der Waals surface area contributed by atoms with Crippen LogP contribution in [0.15, 0.2) is 60.9 Å². The van der Waals surface area contributed by atoms with Crippen molar-refractivity contribution in [1.29, 1.82) is 0 Å². The lowest BCUT2D eigenvalue weighted by Gasteiger charge is -2.17. The minimum absolute atomic E-state index is 0.0788. The van der Waals surface area contributed by atoms with Gasteiger partial charge < -0.3 is 19.7 Å². The number of hydrogen-bond donors (Lipinski definition) is 2. The highest BCUT2D eigenvalue weighted by atomic mass is 16.5. The summed E-state index contributed by atoms with van der Waals surface area (Å²) in [5.74, 6) is -0.586. The second kappa shape index (κ2) is 9.04. The SMILES string of the molecule is CCCn1ccnc1CC(NC(=O)OCC1c2ccccc2-c2ccccc21)C(=O)O. The van der Waals surface area contributed by atoms with Gasteiger partial charge in [-0.25, -0.2) is 14.6 Å². The number of fused-ring (bicyclic) bond motifs is 3. The van der Waals surface area contributed by atoms with Gasteiger partial charge in [0.25, 0.3) is 0 Å². The lowest BCUT2D eigenvalue weighted by Crippen LogP contribution is -2.43. The van der Waals surface area contributed by atoms with Crippen LogP contribution in [0.1, 0.15) is 36.2 Å². The first kappa shape index (κ1) is 20.7. The average molecular weight is 419 g/mol. The molecule has 7 nitrogen and oxygen atoms in total. The normalized spacial score (nSPS) is 13.3. The summed E-state index contributed by atoms with van der Waals surface area (Å²) >= 11 is 0. The Labute approximate surface area is 180 Å². The first-order chi connectivity index (χ1) is 15.1. The molecule has 7 heteroatoms.